The van der Waals surface area contributed by atoms with E-state index in [2.05, 4.69) is 367 Å². The zero-order valence-corrected chi connectivity index (χ0v) is 75.2. The van der Waals surface area contributed by atoms with Crippen molar-refractivity contribution in [1.82, 2.24) is 37.4 Å². The lowest BCUT2D eigenvalue weighted by Gasteiger charge is -2.41. The van der Waals surface area contributed by atoms with Gasteiger partial charge in [0, 0.05) is 56.0 Å². The molecule has 0 aromatic heterocycles. The summed E-state index contributed by atoms with van der Waals surface area (Å²) in [6, 6.07) is 89.4. The van der Waals surface area contributed by atoms with Crippen molar-refractivity contribution in [1.29, 1.82) is 0 Å². The fraction of sp³-hybridized carbons (Fsp3) is 0.301. The zero-order chi connectivity index (χ0) is 82.3. The lowest BCUT2D eigenvalue weighted by molar-refractivity contribution is -0.138. The average Bonchev–Trinajstić information content (AvgIpc) is 1.59. The average molecular weight is 1680 g/mol. The fourth-order valence-electron chi connectivity index (χ4n) is 20.7. The SMILES string of the molecule is C1=CN([C@H]2CCc3ccc4ccccc4c32)PN1[C@H]1CCc2ccc3ccccc3c21.C[C@@H](c1cccc2ccccc12)N1C=CN([C@@H](C)c2cccc3ccccc23)P1.C[C@H]1Cc2ccccc2[C@@H]1N1C=CN([C@H]2c3ccccc3C[C@@H]2O[Si](C)(C)C(C)(C)C)P1.Cc1cccc2c1[C@@H](N1C=CN([C@H]3CCc4cccc(C(F)(F)F)c43)P1)CC2. The van der Waals surface area contributed by atoms with Gasteiger partial charge in [-0.1, -0.05) is 264 Å². The molecule has 9 nitrogen and oxygen atoms in total. The summed E-state index contributed by atoms with van der Waals surface area (Å²) in [6.45, 7) is 21.0. The molecule has 120 heavy (non-hydrogen) atoms. The van der Waals surface area contributed by atoms with Crippen LogP contribution in [0.3, 0.4) is 0 Å². The molecule has 0 saturated carbocycles. The first kappa shape index (κ1) is 80.5. The van der Waals surface area contributed by atoms with Gasteiger partial charge in [-0.2, -0.15) is 13.2 Å². The van der Waals surface area contributed by atoms with E-state index in [0.717, 1.165) is 31.2 Å². The Hall–Kier alpha value is -9.27. The van der Waals surface area contributed by atoms with Gasteiger partial charge in [0.05, 0.1) is 95.5 Å². The molecule has 2 unspecified atom stereocenters. The largest absolute Gasteiger partial charge is 0.416 e. The molecule has 12 aromatic rings. The van der Waals surface area contributed by atoms with Gasteiger partial charge in [0.1, 0.15) is 0 Å². The van der Waals surface area contributed by atoms with Gasteiger partial charge in [-0.25, -0.2) is 0 Å². The van der Waals surface area contributed by atoms with Gasteiger partial charge in [-0.15, -0.1) is 0 Å². The van der Waals surface area contributed by atoms with Crippen molar-refractivity contribution in [3.63, 3.8) is 0 Å². The molecule has 0 bridgehead atoms. The summed E-state index contributed by atoms with van der Waals surface area (Å²) < 4.78 is 67.6. The number of benzene rings is 12. The van der Waals surface area contributed by atoms with Crippen LogP contribution in [0.5, 0.6) is 0 Å². The molecule has 10 aliphatic rings. The van der Waals surface area contributed by atoms with Crippen LogP contribution in [0.4, 0.5) is 13.2 Å². The van der Waals surface area contributed by atoms with Crippen LogP contribution in [-0.2, 0) is 49.1 Å². The predicted molar refractivity (Wildman–Crippen MR) is 501 cm³/mol. The zero-order valence-electron chi connectivity index (χ0n) is 70.2. The molecule has 17 heteroatoms. The van der Waals surface area contributed by atoms with E-state index in [0.29, 0.717) is 95.7 Å². The lowest BCUT2D eigenvalue weighted by Crippen LogP contribution is -2.46. The third-order valence-electron chi connectivity index (χ3n) is 27.8. The summed E-state index contributed by atoms with van der Waals surface area (Å²) in [4.78, 5) is 0. The minimum absolute atomic E-state index is 0.190. The maximum Gasteiger partial charge on any atom is 0.416 e. The molecule has 0 fully saturated rings. The van der Waals surface area contributed by atoms with E-state index < -0.39 is 20.1 Å². The molecule has 6 aliphatic carbocycles. The molecule has 0 saturated heterocycles. The van der Waals surface area contributed by atoms with Crippen LogP contribution in [0, 0.1) is 12.8 Å². The summed E-state index contributed by atoms with van der Waals surface area (Å²) in [7, 11) is 0.383. The Kier molecular flexibility index (Phi) is 22.2. The number of hydrogen-bond acceptors (Lipinski definition) is 9. The molecule has 22 rings (SSSR count). The standard InChI is InChI=1S/C28H25N2P.C27H37N2OPSi.C26H25N2P.C22H22F3N2P/c1-3-7-23-19(5-1)9-11-21-13-15-25(27(21)23)29-17-18-30(31-29)26-16-14-22-12-10-20-6-2-4-8-24(20)28(22)26;1-19-17-20-11-7-9-13-22(20)25(19)28-15-16-29(31-28)26-23-14-10-8-12-21(23)18-24(26)30-32(5,6)27(2,3)4;1-19(23-15-7-11-21-9-3-5-13-25(21)23)27-17-18-28(29-27)20(2)24-16-8-12-22-10-4-6-14-26(22)24;1-14-4-2-5-15-8-10-18(20(14)15)26-12-13-27(28-26)19-11-9-16-6-3-7-17(21(16)19)22(23,24)25/h1-12,17-18,25-26,31H,13-16H2;7-16,19,24-26,31H,17-18H2,1-6H3;3-20,29H,1-2H3;2-7,12-13,18-19,28H,8-11H2,1H3/t25-,26-;19-,24-,25+,26-;19-,20-;18-,19-/m0000/s1. The Bertz CT molecular complexity index is 5780. The van der Waals surface area contributed by atoms with Gasteiger partial charge in [0.2, 0.25) is 0 Å². The molecule has 0 radical (unpaired) electrons. The number of alkyl halides is 3. The molecule has 4 heterocycles. The molecular weight excluding hydrogens is 1570 g/mol. The third kappa shape index (κ3) is 15.3. The van der Waals surface area contributed by atoms with Crippen LogP contribution in [0.15, 0.2) is 292 Å². The number of hydrogen-bond donors (Lipinski definition) is 0. The van der Waals surface area contributed by atoms with Crippen molar-refractivity contribution in [2.45, 2.75) is 191 Å². The second-order valence-corrected chi connectivity index (χ2v) is 45.6. The molecule has 4 aliphatic heterocycles. The Morgan fingerprint density at radius 3 is 1.23 bits per heavy atom. The van der Waals surface area contributed by atoms with Crippen molar-refractivity contribution < 1.29 is 17.6 Å². The summed E-state index contributed by atoms with van der Waals surface area (Å²) in [5.41, 5.74) is 19.9. The van der Waals surface area contributed by atoms with Gasteiger partial charge in [-0.3, -0.25) is 0 Å². The highest BCUT2D eigenvalue weighted by Gasteiger charge is 2.48. The minimum atomic E-state index is -4.30. The normalized spacial score (nSPS) is 22.6. The van der Waals surface area contributed by atoms with Crippen LogP contribution in [0.1, 0.15) is 205 Å². The molecule has 12 aromatic carbocycles. The number of fused-ring (bicyclic) bond motifs is 12. The first-order chi connectivity index (χ1) is 58.2. The minimum Gasteiger partial charge on any atom is -0.411 e. The number of aryl methyl sites for hydroxylation is 5. The van der Waals surface area contributed by atoms with Crippen molar-refractivity contribution >= 4 is 86.9 Å². The van der Waals surface area contributed by atoms with E-state index in [1.54, 1.807) is 11.1 Å². The van der Waals surface area contributed by atoms with E-state index in [4.69, 9.17) is 4.43 Å². The Balaban J connectivity index is 0.000000106. The Labute approximate surface area is 715 Å². The van der Waals surface area contributed by atoms with Crippen LogP contribution in [-0.4, -0.2) is 51.8 Å². The first-order valence-electron chi connectivity index (χ1n) is 43.3. The monoisotopic (exact) mass is 1680 g/mol. The van der Waals surface area contributed by atoms with E-state index >= 15 is 0 Å². The number of halogens is 3. The number of rotatable bonds is 12. The fourth-order valence-corrected chi connectivity index (χ4v) is 27.4. The molecular formula is C103H109F3N8OP4Si. The Morgan fingerprint density at radius 2 is 0.733 bits per heavy atom. The summed E-state index contributed by atoms with van der Waals surface area (Å²) in [6.07, 6.45) is 24.5. The van der Waals surface area contributed by atoms with E-state index in [-0.39, 0.29) is 17.2 Å². The quantitative estimate of drug-likeness (QED) is 0.0878. The van der Waals surface area contributed by atoms with Crippen molar-refractivity contribution in [3.8, 4) is 0 Å². The van der Waals surface area contributed by atoms with Crippen molar-refractivity contribution in [3.05, 3.63) is 381 Å². The van der Waals surface area contributed by atoms with Crippen LogP contribution in [0.2, 0.25) is 18.1 Å². The molecule has 12 atom stereocenters. The Morgan fingerprint density at radius 1 is 0.367 bits per heavy atom. The lowest BCUT2D eigenvalue weighted by atomic mass is 9.99. The van der Waals surface area contributed by atoms with Gasteiger partial charge in [-0.05, 0) is 235 Å². The highest BCUT2D eigenvalue weighted by Crippen LogP contribution is 2.58. The van der Waals surface area contributed by atoms with Crippen LogP contribution < -0.4 is 0 Å². The smallest absolute Gasteiger partial charge is 0.411 e. The van der Waals surface area contributed by atoms with E-state index in [1.165, 1.54) is 149 Å². The van der Waals surface area contributed by atoms with Gasteiger partial charge >= 0.3 is 6.18 Å². The van der Waals surface area contributed by atoms with Crippen molar-refractivity contribution in [2.24, 2.45) is 5.92 Å². The van der Waals surface area contributed by atoms with Gasteiger partial charge in [0.25, 0.3) is 0 Å². The molecule has 612 valence electrons. The second kappa shape index (κ2) is 33.2. The third-order valence-corrected chi connectivity index (χ3v) is 37.9. The van der Waals surface area contributed by atoms with Crippen molar-refractivity contribution in [2.75, 3.05) is 0 Å². The predicted octanol–water partition coefficient (Wildman–Crippen LogP) is 28.2. The molecule has 0 amide bonds. The van der Waals surface area contributed by atoms with Crippen LogP contribution in [0.25, 0.3) is 43.1 Å². The highest BCUT2D eigenvalue weighted by atomic mass is 31.1. The van der Waals surface area contributed by atoms with Gasteiger partial charge in [0.15, 0.2) is 8.32 Å². The van der Waals surface area contributed by atoms with Crippen LogP contribution >= 0.6 is 35.5 Å². The molecule has 0 spiro atoms. The summed E-state index contributed by atoms with van der Waals surface area (Å²) in [5, 5.41) is 11.1. The van der Waals surface area contributed by atoms with E-state index in [1.807, 2.05) is 12.3 Å². The summed E-state index contributed by atoms with van der Waals surface area (Å²) in [5.74, 6) is 0.639. The topological polar surface area (TPSA) is 35.2 Å². The van der Waals surface area contributed by atoms with Gasteiger partial charge < -0.3 is 41.8 Å². The number of nitrogens with zero attached hydrogens (tertiary/aromatic N) is 8. The highest BCUT2D eigenvalue weighted by molar-refractivity contribution is 7.34. The maximum absolute atomic E-state index is 13.6. The summed E-state index contributed by atoms with van der Waals surface area (Å²) >= 11 is 0. The van der Waals surface area contributed by atoms with E-state index in [9.17, 15) is 13.2 Å². The second-order valence-electron chi connectivity index (χ2n) is 35.9. The molecule has 0 N–H and O–H groups in total. The first-order valence-corrected chi connectivity index (χ1v) is 49.8. The maximum atomic E-state index is 13.6.